The summed E-state index contributed by atoms with van der Waals surface area (Å²) < 4.78 is 44.0. The molecular formula is C16H22F3NO2. The Balaban J connectivity index is 3.17. The van der Waals surface area contributed by atoms with Gasteiger partial charge in [0.05, 0.1) is 6.10 Å². The van der Waals surface area contributed by atoms with Gasteiger partial charge in [-0.05, 0) is 31.9 Å². The first-order valence-corrected chi connectivity index (χ1v) is 7.20. The molecule has 0 spiro atoms. The number of benzene rings is 1. The molecule has 3 nitrogen and oxygen atoms in total. The first kappa shape index (κ1) is 18.3. The Labute approximate surface area is 129 Å². The lowest BCUT2D eigenvalue weighted by Gasteiger charge is -2.35. The van der Waals surface area contributed by atoms with E-state index in [2.05, 4.69) is 0 Å². The summed E-state index contributed by atoms with van der Waals surface area (Å²) in [6.45, 7) is 5.56. The topological polar surface area (TPSA) is 29.5 Å². The lowest BCUT2D eigenvalue weighted by atomic mass is 10.0. The Kier molecular flexibility index (Phi) is 6.26. The Hall–Kier alpha value is -1.72. The highest BCUT2D eigenvalue weighted by atomic mass is 19.4. The average molecular weight is 317 g/mol. The summed E-state index contributed by atoms with van der Waals surface area (Å²) in [4.78, 5) is 13.3. The molecule has 124 valence electrons. The molecule has 0 radical (unpaired) electrons. The van der Waals surface area contributed by atoms with Crippen LogP contribution < -0.4 is 4.90 Å². The lowest BCUT2D eigenvalue weighted by Crippen LogP contribution is -2.50. The molecule has 6 heteroatoms. The number of esters is 1. The third kappa shape index (κ3) is 5.58. The number of hydrogen-bond acceptors (Lipinski definition) is 3. The van der Waals surface area contributed by atoms with E-state index in [0.29, 0.717) is 5.69 Å². The van der Waals surface area contributed by atoms with Crippen LogP contribution in [0.1, 0.15) is 27.7 Å². The second kappa shape index (κ2) is 7.51. The highest BCUT2D eigenvalue weighted by Crippen LogP contribution is 2.27. The van der Waals surface area contributed by atoms with Crippen molar-refractivity contribution < 1.29 is 22.7 Å². The highest BCUT2D eigenvalue weighted by Gasteiger charge is 2.39. The summed E-state index contributed by atoms with van der Waals surface area (Å²) in [6, 6.07) is 7.12. The van der Waals surface area contributed by atoms with Crippen molar-refractivity contribution in [1.82, 2.24) is 0 Å². The van der Waals surface area contributed by atoms with Gasteiger partial charge in [0.2, 0.25) is 0 Å². The maximum atomic E-state index is 12.9. The fraction of sp³-hybridized carbons (Fsp3) is 0.562. The third-order valence-electron chi connectivity index (χ3n) is 3.00. The first-order chi connectivity index (χ1) is 10.1. The maximum absolute atomic E-state index is 12.9. The van der Waals surface area contributed by atoms with Crippen molar-refractivity contribution in [2.45, 2.75) is 46.0 Å². The monoisotopic (exact) mass is 317 g/mol. The number of alkyl halides is 3. The van der Waals surface area contributed by atoms with Gasteiger partial charge in [-0.2, -0.15) is 13.2 Å². The molecule has 0 heterocycles. The van der Waals surface area contributed by atoms with E-state index in [0.717, 1.165) is 4.90 Å². The summed E-state index contributed by atoms with van der Waals surface area (Å²) in [7, 11) is 0. The lowest BCUT2D eigenvalue weighted by molar-refractivity contribution is -0.151. The Morgan fingerprint density at radius 3 is 2.09 bits per heavy atom. The van der Waals surface area contributed by atoms with E-state index in [-0.39, 0.29) is 12.0 Å². The maximum Gasteiger partial charge on any atom is 0.405 e. The van der Waals surface area contributed by atoms with E-state index in [1.807, 2.05) is 0 Å². The number of halogens is 3. The molecule has 0 fully saturated rings. The number of rotatable bonds is 6. The molecule has 0 amide bonds. The van der Waals surface area contributed by atoms with Crippen LogP contribution >= 0.6 is 0 Å². The first-order valence-electron chi connectivity index (χ1n) is 7.20. The Bertz CT molecular complexity index is 472. The summed E-state index contributed by atoms with van der Waals surface area (Å²) in [5, 5.41) is 0. The average Bonchev–Trinajstić information content (AvgIpc) is 2.36. The zero-order chi connectivity index (χ0) is 16.9. The molecule has 0 saturated heterocycles. The van der Waals surface area contributed by atoms with Crippen LogP contribution in [0.2, 0.25) is 0 Å². The van der Waals surface area contributed by atoms with Gasteiger partial charge in [-0.25, -0.2) is 4.79 Å². The van der Waals surface area contributed by atoms with Gasteiger partial charge in [-0.1, -0.05) is 32.0 Å². The third-order valence-corrected chi connectivity index (χ3v) is 3.00. The van der Waals surface area contributed by atoms with Crippen molar-refractivity contribution in [1.29, 1.82) is 0 Å². The van der Waals surface area contributed by atoms with Crippen LogP contribution in [0.5, 0.6) is 0 Å². The van der Waals surface area contributed by atoms with Gasteiger partial charge in [-0.3, -0.25) is 0 Å². The number of para-hydroxylation sites is 1. The smallest absolute Gasteiger partial charge is 0.405 e. The van der Waals surface area contributed by atoms with E-state index < -0.39 is 24.7 Å². The molecule has 0 N–H and O–H groups in total. The minimum atomic E-state index is -4.42. The van der Waals surface area contributed by atoms with Crippen molar-refractivity contribution in [2.24, 2.45) is 5.92 Å². The quantitative estimate of drug-likeness (QED) is 0.742. The number of nitrogens with zero attached hydrogens (tertiary/aromatic N) is 1. The van der Waals surface area contributed by atoms with Crippen molar-refractivity contribution in [3.05, 3.63) is 30.3 Å². The van der Waals surface area contributed by atoms with Crippen molar-refractivity contribution >= 4 is 11.7 Å². The van der Waals surface area contributed by atoms with E-state index in [1.165, 1.54) is 0 Å². The number of ether oxygens (including phenoxy) is 1. The van der Waals surface area contributed by atoms with Crippen LogP contribution in [0.25, 0.3) is 0 Å². The molecule has 1 aromatic rings. The minimum absolute atomic E-state index is 0.325. The van der Waals surface area contributed by atoms with Crippen molar-refractivity contribution in [3.8, 4) is 0 Å². The fourth-order valence-corrected chi connectivity index (χ4v) is 2.22. The number of carbonyl (C=O) groups excluding carboxylic acids is 1. The normalized spacial score (nSPS) is 13.3. The van der Waals surface area contributed by atoms with Gasteiger partial charge in [0.1, 0.15) is 12.6 Å². The number of anilines is 1. The second-order valence-corrected chi connectivity index (χ2v) is 5.75. The molecule has 1 atom stereocenters. The molecule has 1 rings (SSSR count). The molecule has 0 bridgehead atoms. The van der Waals surface area contributed by atoms with Crippen molar-refractivity contribution in [3.63, 3.8) is 0 Å². The van der Waals surface area contributed by atoms with E-state index in [4.69, 9.17) is 4.74 Å². The van der Waals surface area contributed by atoms with Crippen LogP contribution in [0.4, 0.5) is 18.9 Å². The minimum Gasteiger partial charge on any atom is -0.461 e. The SMILES string of the molecule is CC(C)OC(=O)C(C(C)C)N(CC(F)(F)F)c1ccccc1. The second-order valence-electron chi connectivity index (χ2n) is 5.75. The summed E-state index contributed by atoms with van der Waals surface area (Å²) >= 11 is 0. The zero-order valence-electron chi connectivity index (χ0n) is 13.2. The molecular weight excluding hydrogens is 295 g/mol. The number of hydrogen-bond donors (Lipinski definition) is 0. The molecule has 0 aromatic heterocycles. The van der Waals surface area contributed by atoms with Gasteiger partial charge in [0.15, 0.2) is 0 Å². The number of carbonyl (C=O) groups is 1. The molecule has 1 unspecified atom stereocenters. The van der Waals surface area contributed by atoms with Gasteiger partial charge in [-0.15, -0.1) is 0 Å². The molecule has 0 aliphatic carbocycles. The van der Waals surface area contributed by atoms with Crippen LogP contribution in [0.15, 0.2) is 30.3 Å². The summed E-state index contributed by atoms with van der Waals surface area (Å²) in [5.41, 5.74) is 0.347. The zero-order valence-corrected chi connectivity index (χ0v) is 13.2. The fourth-order valence-electron chi connectivity index (χ4n) is 2.22. The molecule has 0 aliphatic heterocycles. The van der Waals surface area contributed by atoms with E-state index >= 15 is 0 Å². The van der Waals surface area contributed by atoms with Crippen molar-refractivity contribution in [2.75, 3.05) is 11.4 Å². The Morgan fingerprint density at radius 2 is 1.68 bits per heavy atom. The predicted molar refractivity (Wildman–Crippen MR) is 79.7 cm³/mol. The predicted octanol–water partition coefficient (Wildman–Crippen LogP) is 4.03. The van der Waals surface area contributed by atoms with Crippen LogP contribution in [0, 0.1) is 5.92 Å². The van der Waals surface area contributed by atoms with Gasteiger partial charge >= 0.3 is 12.1 Å². The summed E-state index contributed by atoms with van der Waals surface area (Å²) in [6.07, 6.45) is -4.79. The highest BCUT2D eigenvalue weighted by molar-refractivity contribution is 5.80. The van der Waals surface area contributed by atoms with Gasteiger partial charge in [0, 0.05) is 5.69 Å². The molecule has 0 aliphatic rings. The van der Waals surface area contributed by atoms with Crippen LogP contribution in [0.3, 0.4) is 0 Å². The van der Waals surface area contributed by atoms with E-state index in [9.17, 15) is 18.0 Å². The van der Waals surface area contributed by atoms with E-state index in [1.54, 1.807) is 58.0 Å². The summed E-state index contributed by atoms with van der Waals surface area (Å²) in [5.74, 6) is -0.966. The van der Waals surface area contributed by atoms with Crippen LogP contribution in [-0.4, -0.2) is 30.8 Å². The standard InChI is InChI=1S/C16H22F3NO2/c1-11(2)14(15(21)22-12(3)4)20(10-16(17,18)19)13-8-6-5-7-9-13/h5-9,11-12,14H,10H2,1-4H3. The largest absolute Gasteiger partial charge is 0.461 e. The molecule has 22 heavy (non-hydrogen) atoms. The molecule has 0 saturated carbocycles. The molecule has 1 aromatic carbocycles. The van der Waals surface area contributed by atoms with Crippen LogP contribution in [-0.2, 0) is 9.53 Å². The van der Waals surface area contributed by atoms with Gasteiger partial charge < -0.3 is 9.64 Å². The Morgan fingerprint density at radius 1 is 1.14 bits per heavy atom. The van der Waals surface area contributed by atoms with Gasteiger partial charge in [0.25, 0.3) is 0 Å².